The zero-order chi connectivity index (χ0) is 24.6. The molecule has 184 valence electrons. The number of amides is 1. The molecule has 6 heteroatoms. The number of ether oxygens (including phenoxy) is 4. The fourth-order valence-electron chi connectivity index (χ4n) is 4.76. The Morgan fingerprint density at radius 1 is 0.829 bits per heavy atom. The molecule has 1 N–H and O–H groups in total. The van der Waals surface area contributed by atoms with Gasteiger partial charge in [-0.2, -0.15) is 0 Å². The maximum Gasteiger partial charge on any atom is 0.255 e. The van der Waals surface area contributed by atoms with Gasteiger partial charge in [0.25, 0.3) is 5.91 Å². The van der Waals surface area contributed by atoms with Crippen LogP contribution in [-0.4, -0.2) is 33.3 Å². The van der Waals surface area contributed by atoms with E-state index < -0.39 is 0 Å². The number of hydrogen-bond acceptors (Lipinski definition) is 5. The molecule has 0 aromatic heterocycles. The number of nitrogens with one attached hydrogen (secondary N) is 1. The Kier molecular flexibility index (Phi) is 8.14. The molecule has 6 nitrogen and oxygen atoms in total. The molecule has 1 aliphatic carbocycles. The second-order valence-electron chi connectivity index (χ2n) is 8.72. The lowest BCUT2D eigenvalue weighted by atomic mass is 9.79. The third-order valence-corrected chi connectivity index (χ3v) is 6.57. The van der Waals surface area contributed by atoms with Crippen LogP contribution in [-0.2, 0) is 6.61 Å². The van der Waals surface area contributed by atoms with Crippen LogP contribution in [0.4, 0.5) is 0 Å². The van der Waals surface area contributed by atoms with Gasteiger partial charge in [0.15, 0.2) is 11.5 Å². The molecule has 3 aromatic carbocycles. The number of carbonyl (C=O) groups is 1. The quantitative estimate of drug-likeness (QED) is 0.492. The second-order valence-corrected chi connectivity index (χ2v) is 8.72. The van der Waals surface area contributed by atoms with Crippen LogP contribution in [0.5, 0.6) is 23.0 Å². The Bertz CT molecular complexity index is 1130. The fraction of sp³-hybridized carbons (Fsp3) is 0.345. The molecule has 5 rings (SSSR count). The van der Waals surface area contributed by atoms with Crippen LogP contribution in [0.3, 0.4) is 0 Å². The molecule has 1 heterocycles. The van der Waals surface area contributed by atoms with E-state index >= 15 is 0 Å². The summed E-state index contributed by atoms with van der Waals surface area (Å²) in [4.78, 5) is 12.9. The van der Waals surface area contributed by atoms with Crippen molar-refractivity contribution in [3.05, 3.63) is 83.4 Å². The first-order chi connectivity index (χ1) is 17.1. The van der Waals surface area contributed by atoms with Crippen LogP contribution >= 0.6 is 0 Å². The third kappa shape index (κ3) is 5.88. The Hall–Kier alpha value is -3.67. The summed E-state index contributed by atoms with van der Waals surface area (Å²) in [5, 5.41) is 3.23. The molecule has 2 aliphatic rings. The van der Waals surface area contributed by atoms with Gasteiger partial charge >= 0.3 is 0 Å². The Morgan fingerprint density at radius 3 is 2.34 bits per heavy atom. The first kappa shape index (κ1) is 24.5. The highest BCUT2D eigenvalue weighted by molar-refractivity contribution is 5.97. The van der Waals surface area contributed by atoms with Gasteiger partial charge < -0.3 is 24.3 Å². The third-order valence-electron chi connectivity index (χ3n) is 6.57. The van der Waals surface area contributed by atoms with E-state index in [4.69, 9.17) is 18.9 Å². The van der Waals surface area contributed by atoms with E-state index in [1.54, 1.807) is 27.4 Å². The number of rotatable bonds is 6. The molecule has 1 amide bonds. The average Bonchev–Trinajstić information content (AvgIpc) is 3.25. The molecule has 1 saturated carbocycles. The number of methoxy groups -OCH3 is 3. The lowest BCUT2D eigenvalue weighted by Gasteiger charge is -2.33. The first-order valence-corrected chi connectivity index (χ1v) is 12.0. The Morgan fingerprint density at radius 2 is 1.60 bits per heavy atom. The topological polar surface area (TPSA) is 66.0 Å². The van der Waals surface area contributed by atoms with Crippen molar-refractivity contribution < 1.29 is 23.7 Å². The van der Waals surface area contributed by atoms with Crippen molar-refractivity contribution in [2.45, 2.75) is 44.2 Å². The van der Waals surface area contributed by atoms with E-state index in [2.05, 4.69) is 23.5 Å². The Balaban J connectivity index is 0.000000301. The van der Waals surface area contributed by atoms with Crippen LogP contribution in [0.2, 0.25) is 0 Å². The summed E-state index contributed by atoms with van der Waals surface area (Å²) in [6, 6.07) is 21.5. The highest BCUT2D eigenvalue weighted by atomic mass is 16.5. The lowest BCUT2D eigenvalue weighted by molar-refractivity contribution is 0.0917. The largest absolute Gasteiger partial charge is 0.496 e. The van der Waals surface area contributed by atoms with E-state index in [0.717, 1.165) is 49.4 Å². The summed E-state index contributed by atoms with van der Waals surface area (Å²) in [6.45, 7) is 0.766. The van der Waals surface area contributed by atoms with Crippen LogP contribution in [0.1, 0.15) is 53.1 Å². The Labute approximate surface area is 207 Å². The van der Waals surface area contributed by atoms with E-state index in [9.17, 15) is 4.79 Å². The molecular formula is C29H33NO5. The van der Waals surface area contributed by atoms with Gasteiger partial charge in [0.05, 0.1) is 26.9 Å². The maximum atomic E-state index is 12.9. The van der Waals surface area contributed by atoms with Crippen LogP contribution < -0.4 is 24.3 Å². The summed E-state index contributed by atoms with van der Waals surface area (Å²) in [5.41, 5.74) is 3.01. The first-order valence-electron chi connectivity index (χ1n) is 12.0. The highest BCUT2D eigenvalue weighted by Gasteiger charge is 2.29. The highest BCUT2D eigenvalue weighted by Crippen LogP contribution is 2.37. The van der Waals surface area contributed by atoms with Crippen molar-refractivity contribution in [1.29, 1.82) is 0 Å². The fourth-order valence-corrected chi connectivity index (χ4v) is 4.76. The average molecular weight is 476 g/mol. The van der Waals surface area contributed by atoms with Crippen molar-refractivity contribution in [3.8, 4) is 23.0 Å². The molecule has 2 unspecified atom stereocenters. The minimum absolute atomic E-state index is 0.0780. The number of carbonyl (C=O) groups excluding carboxylic acids is 1. The van der Waals surface area contributed by atoms with Crippen LogP contribution in [0.15, 0.2) is 66.7 Å². The molecule has 2 bridgehead atoms. The summed E-state index contributed by atoms with van der Waals surface area (Å²) in [7, 11) is 4.86. The molecule has 0 spiro atoms. The maximum absolute atomic E-state index is 12.9. The van der Waals surface area contributed by atoms with E-state index in [0.29, 0.717) is 17.1 Å². The van der Waals surface area contributed by atoms with Crippen LogP contribution in [0.25, 0.3) is 0 Å². The molecule has 3 aromatic rings. The monoisotopic (exact) mass is 475 g/mol. The molecular weight excluding hydrogens is 442 g/mol. The molecule has 2 atom stereocenters. The van der Waals surface area contributed by atoms with Crippen molar-refractivity contribution in [1.82, 2.24) is 5.32 Å². The summed E-state index contributed by atoms with van der Waals surface area (Å²) in [6.07, 6.45) is 4.26. The summed E-state index contributed by atoms with van der Waals surface area (Å²) >= 11 is 0. The van der Waals surface area contributed by atoms with Gasteiger partial charge in [-0.3, -0.25) is 4.79 Å². The number of benzene rings is 3. The minimum Gasteiger partial charge on any atom is -0.496 e. The van der Waals surface area contributed by atoms with Gasteiger partial charge in [0.2, 0.25) is 0 Å². The van der Waals surface area contributed by atoms with Gasteiger partial charge in [0.1, 0.15) is 18.1 Å². The van der Waals surface area contributed by atoms with Gasteiger partial charge in [-0.1, -0.05) is 43.2 Å². The van der Waals surface area contributed by atoms with Gasteiger partial charge in [-0.05, 0) is 60.4 Å². The lowest BCUT2D eigenvalue weighted by Crippen LogP contribution is -2.41. The second kappa shape index (κ2) is 11.6. The van der Waals surface area contributed by atoms with E-state index in [1.807, 2.05) is 42.5 Å². The zero-order valence-corrected chi connectivity index (χ0v) is 20.6. The predicted octanol–water partition coefficient (Wildman–Crippen LogP) is 5.75. The van der Waals surface area contributed by atoms with Crippen molar-refractivity contribution >= 4 is 5.91 Å². The molecule has 1 fully saturated rings. The zero-order valence-electron chi connectivity index (χ0n) is 20.6. The smallest absolute Gasteiger partial charge is 0.255 e. The van der Waals surface area contributed by atoms with Crippen molar-refractivity contribution in [3.63, 3.8) is 0 Å². The minimum atomic E-state index is -0.0928. The number of fused-ring (bicyclic) bond motifs is 2. The van der Waals surface area contributed by atoms with Crippen LogP contribution in [0, 0.1) is 0 Å². The van der Waals surface area contributed by atoms with Gasteiger partial charge in [-0.25, -0.2) is 0 Å². The van der Waals surface area contributed by atoms with E-state index in [-0.39, 0.29) is 17.9 Å². The molecule has 0 saturated heterocycles. The van der Waals surface area contributed by atoms with E-state index in [1.165, 1.54) is 5.56 Å². The number of para-hydroxylation sites is 1. The summed E-state index contributed by atoms with van der Waals surface area (Å²) < 4.78 is 21.3. The molecule has 1 aliphatic heterocycles. The standard InChI is InChI=1S/C22H27NO4.C7H6O/c1-25-19-11-7-5-9-17(19)22(24)23-18-10-6-4-8-16(18)15-12-13-20(26-2)21(14-15)27-3;1-2-6-4-7(3-1)8-5-6/h5,7,9,11-14,16,18H,4,6,8,10H2,1-3H3,(H,23,24);1-4H,5H2. The van der Waals surface area contributed by atoms with Gasteiger partial charge in [0, 0.05) is 12.0 Å². The number of hydrogen-bond donors (Lipinski definition) is 1. The van der Waals surface area contributed by atoms with Gasteiger partial charge in [-0.15, -0.1) is 0 Å². The molecule has 0 radical (unpaired) electrons. The van der Waals surface area contributed by atoms with Crippen molar-refractivity contribution in [2.75, 3.05) is 21.3 Å². The SMILES string of the molecule is COc1ccc(C2CCCCC2NC(=O)c2ccccc2OC)cc1OC.c1cc2cc(c1)OC2. The summed E-state index contributed by atoms with van der Waals surface area (Å²) in [5.74, 6) is 3.18. The normalized spacial score (nSPS) is 17.9. The predicted molar refractivity (Wildman–Crippen MR) is 136 cm³/mol. The van der Waals surface area contributed by atoms with Crippen molar-refractivity contribution in [2.24, 2.45) is 0 Å². The molecule has 35 heavy (non-hydrogen) atoms.